The van der Waals surface area contributed by atoms with Crippen LogP contribution in [-0.4, -0.2) is 4.98 Å². The Morgan fingerprint density at radius 3 is 1.57 bits per heavy atom. The van der Waals surface area contributed by atoms with Crippen LogP contribution in [0.3, 0.4) is 0 Å². The molecule has 0 saturated heterocycles. The number of fused-ring (bicyclic) bond motifs is 21. The Hall–Kier alpha value is -7.81. The SMILES string of the molecule is c1ccc2c(c1)-c1ccccc1C21c2ccccc2C2(c3ccccc31)c1cccc(-c3ccc(-c4cccc5cccnc45)cc3)c1-c1ccc3c(oc4ccccc43)c12. The zero-order chi connectivity index (χ0) is 39.9. The maximum absolute atomic E-state index is 7.15. The lowest BCUT2D eigenvalue weighted by Gasteiger charge is -2.48. The van der Waals surface area contributed by atoms with Crippen molar-refractivity contribution < 1.29 is 4.42 Å². The van der Waals surface area contributed by atoms with Gasteiger partial charge in [0.1, 0.15) is 11.2 Å². The van der Waals surface area contributed by atoms with E-state index < -0.39 is 10.8 Å². The Kier molecular flexibility index (Phi) is 6.45. The maximum atomic E-state index is 7.15. The van der Waals surface area contributed by atoms with Gasteiger partial charge in [0.25, 0.3) is 0 Å². The van der Waals surface area contributed by atoms with Crippen LogP contribution in [0.4, 0.5) is 0 Å². The quantitative estimate of drug-likeness (QED) is 0.175. The van der Waals surface area contributed by atoms with E-state index in [1.807, 2.05) is 12.3 Å². The summed E-state index contributed by atoms with van der Waals surface area (Å²) in [5, 5.41) is 3.42. The van der Waals surface area contributed by atoms with Gasteiger partial charge < -0.3 is 4.42 Å². The van der Waals surface area contributed by atoms with Crippen molar-refractivity contribution in [2.75, 3.05) is 0 Å². The second-order valence-electron chi connectivity index (χ2n) is 16.8. The molecule has 0 bridgehead atoms. The first-order valence-corrected chi connectivity index (χ1v) is 21.2. The Balaban J connectivity index is 1.10. The number of hydrogen-bond acceptors (Lipinski definition) is 2. The minimum absolute atomic E-state index is 0.514. The molecule has 0 amide bonds. The first-order chi connectivity index (χ1) is 30.3. The van der Waals surface area contributed by atoms with Crippen LogP contribution in [0.2, 0.25) is 0 Å². The number of para-hydroxylation sites is 2. The number of hydrogen-bond donors (Lipinski definition) is 0. The molecule has 2 nitrogen and oxygen atoms in total. The van der Waals surface area contributed by atoms with Crippen molar-refractivity contribution in [2.24, 2.45) is 0 Å². The topological polar surface area (TPSA) is 26.0 Å². The van der Waals surface area contributed by atoms with Crippen molar-refractivity contribution in [3.05, 3.63) is 257 Å². The molecule has 61 heavy (non-hydrogen) atoms. The van der Waals surface area contributed by atoms with Gasteiger partial charge >= 0.3 is 0 Å². The summed E-state index contributed by atoms with van der Waals surface area (Å²) in [5.74, 6) is 0. The molecule has 0 radical (unpaired) electrons. The van der Waals surface area contributed by atoms with E-state index >= 15 is 0 Å². The number of nitrogens with zero attached hydrogens (tertiary/aromatic N) is 1. The van der Waals surface area contributed by atoms with Crippen LogP contribution >= 0.6 is 0 Å². The molecule has 9 aromatic carbocycles. The first-order valence-electron chi connectivity index (χ1n) is 21.2. The van der Waals surface area contributed by atoms with Crippen molar-refractivity contribution in [1.29, 1.82) is 0 Å². The van der Waals surface area contributed by atoms with Crippen molar-refractivity contribution in [3.8, 4) is 44.5 Å². The van der Waals surface area contributed by atoms with Gasteiger partial charge in [0.15, 0.2) is 0 Å². The van der Waals surface area contributed by atoms with Crippen LogP contribution in [0.1, 0.15) is 44.5 Å². The Morgan fingerprint density at radius 2 is 0.869 bits per heavy atom. The van der Waals surface area contributed by atoms with Crippen molar-refractivity contribution >= 4 is 32.8 Å². The third kappa shape index (κ3) is 4.00. The van der Waals surface area contributed by atoms with Crippen LogP contribution in [0, 0.1) is 0 Å². The van der Waals surface area contributed by atoms with Crippen LogP contribution in [0.5, 0.6) is 0 Å². The molecular formula is C59H35NO. The van der Waals surface area contributed by atoms with Crippen LogP contribution in [0.15, 0.2) is 217 Å². The molecule has 0 unspecified atom stereocenters. The summed E-state index contributed by atoms with van der Waals surface area (Å²) in [7, 11) is 0. The largest absolute Gasteiger partial charge is 0.456 e. The van der Waals surface area contributed by atoms with Crippen LogP contribution in [-0.2, 0) is 10.8 Å². The Morgan fingerprint density at radius 1 is 0.344 bits per heavy atom. The summed E-state index contributed by atoms with van der Waals surface area (Å²) in [4.78, 5) is 4.78. The molecule has 11 aromatic rings. The highest BCUT2D eigenvalue weighted by Gasteiger charge is 2.60. The highest BCUT2D eigenvalue weighted by Crippen LogP contribution is 2.69. The van der Waals surface area contributed by atoms with Gasteiger partial charge in [-0.15, -0.1) is 0 Å². The summed E-state index contributed by atoms with van der Waals surface area (Å²) in [6.45, 7) is 0. The van der Waals surface area contributed by atoms with Crippen molar-refractivity contribution in [2.45, 2.75) is 10.8 Å². The average Bonchev–Trinajstić information content (AvgIpc) is 3.96. The molecule has 282 valence electrons. The molecule has 0 N–H and O–H groups in total. The molecule has 2 spiro atoms. The van der Waals surface area contributed by atoms with Crippen LogP contribution < -0.4 is 0 Å². The zero-order valence-corrected chi connectivity index (χ0v) is 33.1. The molecule has 3 aliphatic carbocycles. The van der Waals surface area contributed by atoms with Crippen molar-refractivity contribution in [3.63, 3.8) is 0 Å². The Labute approximate surface area is 353 Å². The molecule has 0 saturated carbocycles. The van der Waals surface area contributed by atoms with Gasteiger partial charge in [0.05, 0.1) is 16.3 Å². The fourth-order valence-electron chi connectivity index (χ4n) is 12.0. The summed E-state index contributed by atoms with van der Waals surface area (Å²) < 4.78 is 7.15. The summed E-state index contributed by atoms with van der Waals surface area (Å²) >= 11 is 0. The predicted molar refractivity (Wildman–Crippen MR) is 248 cm³/mol. The van der Waals surface area contributed by atoms with Gasteiger partial charge in [0.2, 0.25) is 0 Å². The number of rotatable bonds is 2. The minimum Gasteiger partial charge on any atom is -0.456 e. The second kappa shape index (κ2) is 11.9. The van der Waals surface area contributed by atoms with Crippen molar-refractivity contribution in [1.82, 2.24) is 4.98 Å². The van der Waals surface area contributed by atoms with E-state index in [1.54, 1.807) is 0 Å². The molecule has 2 aromatic heterocycles. The van der Waals surface area contributed by atoms with Gasteiger partial charge in [-0.2, -0.15) is 0 Å². The summed E-state index contributed by atoms with van der Waals surface area (Å²) in [6, 6.07) is 76.6. The van der Waals surface area contributed by atoms with Gasteiger partial charge in [0, 0.05) is 33.5 Å². The molecular weight excluding hydrogens is 739 g/mol. The highest BCUT2D eigenvalue weighted by atomic mass is 16.3. The van der Waals surface area contributed by atoms with Crippen LogP contribution in [0.25, 0.3) is 77.3 Å². The average molecular weight is 774 g/mol. The molecule has 0 atom stereocenters. The fourth-order valence-corrected chi connectivity index (χ4v) is 12.0. The van der Waals surface area contributed by atoms with Gasteiger partial charge in [-0.25, -0.2) is 0 Å². The van der Waals surface area contributed by atoms with E-state index in [9.17, 15) is 0 Å². The maximum Gasteiger partial charge on any atom is 0.140 e. The minimum atomic E-state index is -0.687. The molecule has 14 rings (SSSR count). The van der Waals surface area contributed by atoms with Gasteiger partial charge in [-0.05, 0) is 96.1 Å². The molecule has 3 aliphatic rings. The number of pyridine rings is 1. The van der Waals surface area contributed by atoms with E-state index in [2.05, 4.69) is 200 Å². The number of furan rings is 1. The third-order valence-corrected chi connectivity index (χ3v) is 14.2. The van der Waals surface area contributed by atoms with E-state index in [0.29, 0.717) is 0 Å². The predicted octanol–water partition coefficient (Wildman–Crippen LogP) is 14.5. The molecule has 0 fully saturated rings. The summed E-state index contributed by atoms with van der Waals surface area (Å²) in [5.41, 5.74) is 21.8. The molecule has 2 heterocycles. The lowest BCUT2D eigenvalue weighted by molar-refractivity contribution is 0.615. The standard InChI is InChI=1S/C59H35NO/c1-4-21-46-41(16-1)42-17-2-5-22-47(42)58(46)48-23-6-8-25-50(48)59(51-26-9-7-24-49(51)58)52-27-12-19-39(36-29-31-37(32-30-36)40-20-11-14-38-15-13-35-60-56(38)40)54(52)45-34-33-44-43-18-3-10-28-53(43)61-57(44)55(45)59/h1-35H. The number of aromatic nitrogens is 1. The molecule has 2 heteroatoms. The fraction of sp³-hybridized carbons (Fsp3) is 0.0339. The molecule has 0 aliphatic heterocycles. The Bertz CT molecular complexity index is 3560. The van der Waals surface area contributed by atoms with E-state index in [4.69, 9.17) is 9.40 Å². The monoisotopic (exact) mass is 773 g/mol. The third-order valence-electron chi connectivity index (χ3n) is 14.2. The van der Waals surface area contributed by atoms with E-state index in [1.165, 1.54) is 77.9 Å². The zero-order valence-electron chi connectivity index (χ0n) is 33.1. The van der Waals surface area contributed by atoms with E-state index in [0.717, 1.165) is 44.0 Å². The van der Waals surface area contributed by atoms with Gasteiger partial charge in [-0.3, -0.25) is 4.98 Å². The lowest BCUT2D eigenvalue weighted by atomic mass is 9.52. The highest BCUT2D eigenvalue weighted by molar-refractivity contribution is 6.12. The normalized spacial score (nSPS) is 14.5. The van der Waals surface area contributed by atoms with E-state index in [-0.39, 0.29) is 0 Å². The first kappa shape index (κ1) is 33.1. The second-order valence-corrected chi connectivity index (χ2v) is 16.8. The summed E-state index contributed by atoms with van der Waals surface area (Å²) in [6.07, 6.45) is 1.88. The lowest BCUT2D eigenvalue weighted by Crippen LogP contribution is -2.43. The van der Waals surface area contributed by atoms with Gasteiger partial charge in [-0.1, -0.05) is 188 Å². The number of benzene rings is 9. The smallest absolute Gasteiger partial charge is 0.140 e.